The standard InChI is InChI=1S/C18H25NO2/c1-13(2)17(12-20-3)19-11-16-15-8-6-5-7-14(15)9-10-18(16)21-4/h5-10,13,17,19H,11-12H2,1-4H3. The SMILES string of the molecule is COCC(NCc1c(OC)ccc2ccccc12)C(C)C. The van der Waals surface area contributed by atoms with Crippen LogP contribution in [0.2, 0.25) is 0 Å². The number of rotatable bonds is 7. The normalized spacial score (nSPS) is 12.8. The molecule has 0 radical (unpaired) electrons. The van der Waals surface area contributed by atoms with Gasteiger partial charge in [-0.1, -0.05) is 44.2 Å². The molecule has 0 amide bonds. The van der Waals surface area contributed by atoms with Crippen molar-refractivity contribution in [1.29, 1.82) is 0 Å². The molecule has 0 bridgehead atoms. The second-order valence-corrected chi connectivity index (χ2v) is 5.65. The van der Waals surface area contributed by atoms with Crippen LogP contribution >= 0.6 is 0 Å². The zero-order chi connectivity index (χ0) is 15.2. The Bertz CT molecular complexity index is 580. The molecular weight excluding hydrogens is 262 g/mol. The first kappa shape index (κ1) is 15.8. The van der Waals surface area contributed by atoms with Gasteiger partial charge in [-0.05, 0) is 22.8 Å². The van der Waals surface area contributed by atoms with Gasteiger partial charge in [0.15, 0.2) is 0 Å². The van der Waals surface area contributed by atoms with E-state index in [9.17, 15) is 0 Å². The van der Waals surface area contributed by atoms with Crippen LogP contribution in [0.1, 0.15) is 19.4 Å². The lowest BCUT2D eigenvalue weighted by Crippen LogP contribution is -2.37. The predicted octanol–water partition coefficient (Wildman–Crippen LogP) is 3.61. The molecule has 0 spiro atoms. The summed E-state index contributed by atoms with van der Waals surface area (Å²) in [6.07, 6.45) is 0. The molecule has 0 fully saturated rings. The molecule has 3 nitrogen and oxygen atoms in total. The smallest absolute Gasteiger partial charge is 0.123 e. The van der Waals surface area contributed by atoms with Crippen molar-refractivity contribution in [1.82, 2.24) is 5.32 Å². The van der Waals surface area contributed by atoms with Gasteiger partial charge < -0.3 is 14.8 Å². The van der Waals surface area contributed by atoms with Crippen molar-refractivity contribution in [2.75, 3.05) is 20.8 Å². The van der Waals surface area contributed by atoms with Gasteiger partial charge in [0.25, 0.3) is 0 Å². The van der Waals surface area contributed by atoms with Gasteiger partial charge >= 0.3 is 0 Å². The molecule has 0 aliphatic heterocycles. The third-order valence-electron chi connectivity index (χ3n) is 3.91. The zero-order valence-electron chi connectivity index (χ0n) is 13.3. The largest absolute Gasteiger partial charge is 0.496 e. The van der Waals surface area contributed by atoms with Gasteiger partial charge in [0.05, 0.1) is 13.7 Å². The first-order valence-corrected chi connectivity index (χ1v) is 7.44. The molecule has 0 heterocycles. The van der Waals surface area contributed by atoms with Crippen molar-refractivity contribution in [3.63, 3.8) is 0 Å². The van der Waals surface area contributed by atoms with Gasteiger partial charge in [0, 0.05) is 25.3 Å². The Hall–Kier alpha value is -1.58. The maximum atomic E-state index is 5.53. The summed E-state index contributed by atoms with van der Waals surface area (Å²) in [4.78, 5) is 0. The Morgan fingerprint density at radius 3 is 2.48 bits per heavy atom. The Morgan fingerprint density at radius 1 is 1.05 bits per heavy atom. The third kappa shape index (κ3) is 3.74. The second kappa shape index (κ2) is 7.43. The molecule has 1 N–H and O–H groups in total. The van der Waals surface area contributed by atoms with E-state index >= 15 is 0 Å². The summed E-state index contributed by atoms with van der Waals surface area (Å²) < 4.78 is 10.8. The molecule has 114 valence electrons. The number of ether oxygens (including phenoxy) is 2. The van der Waals surface area contributed by atoms with E-state index in [2.05, 4.69) is 49.5 Å². The molecule has 0 aromatic heterocycles. The van der Waals surface area contributed by atoms with Crippen LogP contribution in [0.4, 0.5) is 0 Å². The fraction of sp³-hybridized carbons (Fsp3) is 0.444. The van der Waals surface area contributed by atoms with Crippen LogP contribution in [0.15, 0.2) is 36.4 Å². The first-order chi connectivity index (χ1) is 10.2. The second-order valence-electron chi connectivity index (χ2n) is 5.65. The lowest BCUT2D eigenvalue weighted by Gasteiger charge is -2.23. The molecule has 1 unspecified atom stereocenters. The minimum atomic E-state index is 0.332. The minimum Gasteiger partial charge on any atom is -0.496 e. The van der Waals surface area contributed by atoms with Crippen molar-refractivity contribution in [2.24, 2.45) is 5.92 Å². The summed E-state index contributed by atoms with van der Waals surface area (Å²) in [5.74, 6) is 1.45. The van der Waals surface area contributed by atoms with E-state index in [1.54, 1.807) is 14.2 Å². The summed E-state index contributed by atoms with van der Waals surface area (Å²) in [6, 6.07) is 12.9. The lowest BCUT2D eigenvalue weighted by molar-refractivity contribution is 0.146. The molecule has 0 saturated heterocycles. The number of methoxy groups -OCH3 is 2. The summed E-state index contributed by atoms with van der Waals surface area (Å²) in [6.45, 7) is 5.90. The summed E-state index contributed by atoms with van der Waals surface area (Å²) in [5, 5.41) is 6.08. The number of fused-ring (bicyclic) bond motifs is 1. The Morgan fingerprint density at radius 2 is 1.81 bits per heavy atom. The fourth-order valence-electron chi connectivity index (χ4n) is 2.59. The third-order valence-corrected chi connectivity index (χ3v) is 3.91. The van der Waals surface area contributed by atoms with Gasteiger partial charge in [0.2, 0.25) is 0 Å². The van der Waals surface area contributed by atoms with Crippen LogP contribution in [0.25, 0.3) is 10.8 Å². The Kier molecular flexibility index (Phi) is 5.59. The van der Waals surface area contributed by atoms with E-state index < -0.39 is 0 Å². The van der Waals surface area contributed by atoms with Crippen LogP contribution in [0, 0.1) is 5.92 Å². The number of benzene rings is 2. The van der Waals surface area contributed by atoms with Crippen LogP contribution in [0.3, 0.4) is 0 Å². The number of hydrogen-bond acceptors (Lipinski definition) is 3. The summed E-state index contributed by atoms with van der Waals surface area (Å²) >= 11 is 0. The minimum absolute atomic E-state index is 0.332. The molecular formula is C18H25NO2. The molecule has 2 aromatic carbocycles. The Balaban J connectivity index is 2.27. The average Bonchev–Trinajstić information content (AvgIpc) is 2.50. The molecule has 2 aromatic rings. The van der Waals surface area contributed by atoms with Crippen molar-refractivity contribution in [3.05, 3.63) is 42.0 Å². The molecule has 0 aliphatic rings. The van der Waals surface area contributed by atoms with Gasteiger partial charge in [-0.2, -0.15) is 0 Å². The highest BCUT2D eigenvalue weighted by molar-refractivity contribution is 5.87. The van der Waals surface area contributed by atoms with Gasteiger partial charge in [-0.3, -0.25) is 0 Å². The summed E-state index contributed by atoms with van der Waals surface area (Å²) in [5.41, 5.74) is 1.21. The van der Waals surface area contributed by atoms with Crippen LogP contribution in [0.5, 0.6) is 5.75 Å². The molecule has 3 heteroatoms. The highest BCUT2D eigenvalue weighted by atomic mass is 16.5. The maximum absolute atomic E-state index is 5.53. The number of hydrogen-bond donors (Lipinski definition) is 1. The van der Waals surface area contributed by atoms with E-state index in [-0.39, 0.29) is 0 Å². The van der Waals surface area contributed by atoms with Gasteiger partial charge in [0.1, 0.15) is 5.75 Å². The fourth-order valence-corrected chi connectivity index (χ4v) is 2.59. The van der Waals surface area contributed by atoms with E-state index in [1.807, 2.05) is 6.07 Å². The van der Waals surface area contributed by atoms with Gasteiger partial charge in [-0.15, -0.1) is 0 Å². The van der Waals surface area contributed by atoms with E-state index in [0.717, 1.165) is 12.3 Å². The molecule has 1 atom stereocenters. The summed E-state index contributed by atoms with van der Waals surface area (Å²) in [7, 11) is 3.47. The van der Waals surface area contributed by atoms with Crippen LogP contribution < -0.4 is 10.1 Å². The molecule has 2 rings (SSSR count). The van der Waals surface area contributed by atoms with Crippen molar-refractivity contribution in [3.8, 4) is 5.75 Å². The zero-order valence-corrected chi connectivity index (χ0v) is 13.3. The lowest BCUT2D eigenvalue weighted by atomic mass is 10.0. The highest BCUT2D eigenvalue weighted by Crippen LogP contribution is 2.28. The molecule has 21 heavy (non-hydrogen) atoms. The van der Waals surface area contributed by atoms with Crippen LogP contribution in [-0.2, 0) is 11.3 Å². The number of nitrogens with one attached hydrogen (secondary N) is 1. The van der Waals surface area contributed by atoms with Crippen LogP contribution in [-0.4, -0.2) is 26.9 Å². The van der Waals surface area contributed by atoms with Crippen molar-refractivity contribution < 1.29 is 9.47 Å². The first-order valence-electron chi connectivity index (χ1n) is 7.44. The van der Waals surface area contributed by atoms with Crippen molar-refractivity contribution >= 4 is 10.8 Å². The monoisotopic (exact) mass is 287 g/mol. The van der Waals surface area contributed by atoms with E-state index in [4.69, 9.17) is 9.47 Å². The van der Waals surface area contributed by atoms with E-state index in [1.165, 1.54) is 16.3 Å². The van der Waals surface area contributed by atoms with Crippen molar-refractivity contribution in [2.45, 2.75) is 26.4 Å². The van der Waals surface area contributed by atoms with E-state index in [0.29, 0.717) is 18.6 Å². The highest BCUT2D eigenvalue weighted by Gasteiger charge is 2.15. The average molecular weight is 287 g/mol. The Labute approximate surface area is 127 Å². The quantitative estimate of drug-likeness (QED) is 0.844. The predicted molar refractivity (Wildman–Crippen MR) is 87.8 cm³/mol. The van der Waals surface area contributed by atoms with Gasteiger partial charge in [-0.25, -0.2) is 0 Å². The molecule has 0 aliphatic carbocycles. The maximum Gasteiger partial charge on any atom is 0.123 e. The molecule has 0 saturated carbocycles. The topological polar surface area (TPSA) is 30.5 Å².